The summed E-state index contributed by atoms with van der Waals surface area (Å²) in [7, 11) is 2.06. The molecule has 4 nitrogen and oxygen atoms in total. The Morgan fingerprint density at radius 1 is 1.15 bits per heavy atom. The summed E-state index contributed by atoms with van der Waals surface area (Å²) >= 11 is 5.89. The molecule has 106 valence electrons. The Morgan fingerprint density at radius 2 is 1.90 bits per heavy atom. The highest BCUT2D eigenvalue weighted by Crippen LogP contribution is 2.25. The second-order valence-electron chi connectivity index (χ2n) is 5.22. The van der Waals surface area contributed by atoms with E-state index in [0.717, 1.165) is 31.7 Å². The molecule has 1 atom stereocenters. The zero-order valence-electron chi connectivity index (χ0n) is 11.5. The molecule has 3 rings (SSSR count). The van der Waals surface area contributed by atoms with Crippen molar-refractivity contribution >= 4 is 23.3 Å². The van der Waals surface area contributed by atoms with Crippen LogP contribution in [-0.4, -0.2) is 48.7 Å². The fourth-order valence-electron chi connectivity index (χ4n) is 2.78. The van der Waals surface area contributed by atoms with Gasteiger partial charge >= 0.3 is 6.03 Å². The van der Waals surface area contributed by atoms with E-state index in [1.54, 1.807) is 0 Å². The van der Waals surface area contributed by atoms with Crippen molar-refractivity contribution in [1.82, 2.24) is 9.80 Å². The predicted octanol–water partition coefficient (Wildman–Crippen LogP) is 2.80. The van der Waals surface area contributed by atoms with E-state index in [1.807, 2.05) is 34.1 Å². The molecule has 2 amide bonds. The van der Waals surface area contributed by atoms with Crippen LogP contribution in [0.15, 0.2) is 36.4 Å². The number of carbonyl (C=O) groups is 1. The summed E-state index contributed by atoms with van der Waals surface area (Å²) in [6, 6.07) is 7.49. The fourth-order valence-corrected chi connectivity index (χ4v) is 2.90. The molecular formula is C15H18ClN3O. The minimum Gasteiger partial charge on any atom is -0.303 e. The lowest BCUT2D eigenvalue weighted by molar-refractivity contribution is 0.129. The summed E-state index contributed by atoms with van der Waals surface area (Å²) in [5.41, 5.74) is 0.907. The maximum Gasteiger partial charge on any atom is 0.326 e. The molecule has 0 aromatic heterocycles. The first-order valence-electron chi connectivity index (χ1n) is 6.87. The highest BCUT2D eigenvalue weighted by atomic mass is 35.5. The quantitative estimate of drug-likeness (QED) is 0.784. The molecule has 0 bridgehead atoms. The molecule has 1 unspecified atom stereocenters. The summed E-state index contributed by atoms with van der Waals surface area (Å²) < 4.78 is 0. The molecule has 2 aliphatic heterocycles. The molecule has 0 saturated carbocycles. The van der Waals surface area contributed by atoms with Gasteiger partial charge in [-0.05, 0) is 37.7 Å². The Labute approximate surface area is 124 Å². The van der Waals surface area contributed by atoms with Gasteiger partial charge in [-0.1, -0.05) is 23.8 Å². The molecule has 20 heavy (non-hydrogen) atoms. The van der Waals surface area contributed by atoms with Crippen molar-refractivity contribution in [2.75, 3.05) is 31.6 Å². The standard InChI is InChI=1S/C15H18ClN3O/c1-17-9-3-2-4-14(17)19-11-10-18(15(19)20)13-7-5-12(16)6-8-13/h2,4-8,14H,3,9-11H2,1H3. The van der Waals surface area contributed by atoms with Crippen LogP contribution in [0.4, 0.5) is 10.5 Å². The number of nitrogens with zero attached hydrogens (tertiary/aromatic N) is 3. The van der Waals surface area contributed by atoms with Crippen molar-refractivity contribution in [3.8, 4) is 0 Å². The maximum atomic E-state index is 12.6. The molecule has 0 radical (unpaired) electrons. The molecule has 5 heteroatoms. The maximum absolute atomic E-state index is 12.6. The molecule has 1 aromatic rings. The van der Waals surface area contributed by atoms with Crippen molar-refractivity contribution in [3.05, 3.63) is 41.4 Å². The lowest BCUT2D eigenvalue weighted by Crippen LogP contribution is -2.48. The van der Waals surface area contributed by atoms with Crippen LogP contribution < -0.4 is 4.90 Å². The Morgan fingerprint density at radius 3 is 2.60 bits per heavy atom. The predicted molar refractivity (Wildman–Crippen MR) is 81.1 cm³/mol. The number of halogens is 1. The third-order valence-corrected chi connectivity index (χ3v) is 4.16. The largest absolute Gasteiger partial charge is 0.326 e. The number of amides is 2. The first-order valence-corrected chi connectivity index (χ1v) is 7.25. The highest BCUT2D eigenvalue weighted by Gasteiger charge is 2.35. The smallest absolute Gasteiger partial charge is 0.303 e. The SMILES string of the molecule is CN1CCC=CC1N1CCN(c2ccc(Cl)cc2)C1=O. The zero-order chi connectivity index (χ0) is 14.1. The number of rotatable bonds is 2. The monoisotopic (exact) mass is 291 g/mol. The van der Waals surface area contributed by atoms with Crippen LogP contribution in [0, 0.1) is 0 Å². The van der Waals surface area contributed by atoms with Crippen LogP contribution >= 0.6 is 11.6 Å². The first-order chi connectivity index (χ1) is 9.66. The van der Waals surface area contributed by atoms with E-state index in [9.17, 15) is 4.79 Å². The molecular weight excluding hydrogens is 274 g/mol. The van der Waals surface area contributed by atoms with Crippen molar-refractivity contribution < 1.29 is 4.79 Å². The van der Waals surface area contributed by atoms with Gasteiger partial charge in [0.15, 0.2) is 0 Å². The van der Waals surface area contributed by atoms with Gasteiger partial charge in [0.2, 0.25) is 0 Å². The number of urea groups is 1. The second-order valence-corrected chi connectivity index (χ2v) is 5.65. The van der Waals surface area contributed by atoms with Crippen molar-refractivity contribution in [1.29, 1.82) is 0 Å². The van der Waals surface area contributed by atoms with E-state index in [0.29, 0.717) is 5.02 Å². The van der Waals surface area contributed by atoms with E-state index in [-0.39, 0.29) is 12.2 Å². The highest BCUT2D eigenvalue weighted by molar-refractivity contribution is 6.30. The zero-order valence-corrected chi connectivity index (χ0v) is 12.3. The topological polar surface area (TPSA) is 26.8 Å². The number of anilines is 1. The summed E-state index contributed by atoms with van der Waals surface area (Å²) in [6.45, 7) is 2.46. The van der Waals surface area contributed by atoms with Crippen LogP contribution in [0.3, 0.4) is 0 Å². The van der Waals surface area contributed by atoms with E-state index < -0.39 is 0 Å². The lowest BCUT2D eigenvalue weighted by Gasteiger charge is -2.35. The van der Waals surface area contributed by atoms with E-state index >= 15 is 0 Å². The van der Waals surface area contributed by atoms with Gasteiger partial charge in [-0.2, -0.15) is 0 Å². The Balaban J connectivity index is 1.78. The van der Waals surface area contributed by atoms with Gasteiger partial charge in [0.05, 0.1) is 0 Å². The fraction of sp³-hybridized carbons (Fsp3) is 0.400. The summed E-state index contributed by atoms with van der Waals surface area (Å²) in [4.78, 5) is 18.5. The number of hydrogen-bond acceptors (Lipinski definition) is 2. The van der Waals surface area contributed by atoms with Gasteiger partial charge in [-0.3, -0.25) is 9.80 Å². The third-order valence-electron chi connectivity index (χ3n) is 3.91. The Bertz CT molecular complexity index is 528. The molecule has 1 saturated heterocycles. The molecule has 0 spiro atoms. The van der Waals surface area contributed by atoms with Crippen LogP contribution in [0.1, 0.15) is 6.42 Å². The lowest BCUT2D eigenvalue weighted by atomic mass is 10.2. The van der Waals surface area contributed by atoms with Crippen LogP contribution in [-0.2, 0) is 0 Å². The van der Waals surface area contributed by atoms with E-state index in [2.05, 4.69) is 24.1 Å². The number of benzene rings is 1. The average Bonchev–Trinajstić information content (AvgIpc) is 2.82. The van der Waals surface area contributed by atoms with Gasteiger partial charge in [-0.15, -0.1) is 0 Å². The van der Waals surface area contributed by atoms with E-state index in [1.165, 1.54) is 0 Å². The average molecular weight is 292 g/mol. The van der Waals surface area contributed by atoms with Crippen molar-refractivity contribution in [2.24, 2.45) is 0 Å². The minimum absolute atomic E-state index is 0.0655. The molecule has 2 aliphatic rings. The van der Waals surface area contributed by atoms with Crippen LogP contribution in [0.25, 0.3) is 0 Å². The molecule has 1 fully saturated rings. The van der Waals surface area contributed by atoms with Crippen LogP contribution in [0.2, 0.25) is 5.02 Å². The summed E-state index contributed by atoms with van der Waals surface area (Å²) in [5.74, 6) is 0. The second kappa shape index (κ2) is 5.46. The third kappa shape index (κ3) is 2.41. The number of likely N-dealkylation sites (N-methyl/N-ethyl adjacent to an activating group) is 1. The first kappa shape index (κ1) is 13.5. The molecule has 1 aromatic carbocycles. The van der Waals surface area contributed by atoms with Gasteiger partial charge in [0.25, 0.3) is 0 Å². The molecule has 0 N–H and O–H groups in total. The Hall–Kier alpha value is -1.52. The van der Waals surface area contributed by atoms with Crippen molar-refractivity contribution in [3.63, 3.8) is 0 Å². The molecule has 0 aliphatic carbocycles. The minimum atomic E-state index is 0.0655. The van der Waals surface area contributed by atoms with Gasteiger partial charge < -0.3 is 4.90 Å². The summed E-state index contributed by atoms with van der Waals surface area (Å²) in [5, 5.41) is 0.687. The van der Waals surface area contributed by atoms with Crippen molar-refractivity contribution in [2.45, 2.75) is 12.6 Å². The summed E-state index contributed by atoms with van der Waals surface area (Å²) in [6.07, 6.45) is 5.40. The Kier molecular flexibility index (Phi) is 3.68. The van der Waals surface area contributed by atoms with E-state index in [4.69, 9.17) is 11.6 Å². The van der Waals surface area contributed by atoms with Gasteiger partial charge in [0.1, 0.15) is 6.17 Å². The normalized spacial score (nSPS) is 23.7. The van der Waals surface area contributed by atoms with Gasteiger partial charge in [0, 0.05) is 30.3 Å². The number of hydrogen-bond donors (Lipinski definition) is 0. The number of carbonyl (C=O) groups excluding carboxylic acids is 1. The van der Waals surface area contributed by atoms with Gasteiger partial charge in [-0.25, -0.2) is 4.79 Å². The van der Waals surface area contributed by atoms with Crippen LogP contribution in [0.5, 0.6) is 0 Å². The molecule has 2 heterocycles.